The smallest absolute Gasteiger partial charge is 0.305 e. The Bertz CT molecular complexity index is 494. The molecule has 116 valence electrons. The molecule has 0 unspecified atom stereocenters. The Kier molecular flexibility index (Phi) is 5.30. The lowest BCUT2D eigenvalue weighted by molar-refractivity contribution is -0.138. The first-order chi connectivity index (χ1) is 10.1. The summed E-state index contributed by atoms with van der Waals surface area (Å²) in [4.78, 5) is 28.1. The van der Waals surface area contributed by atoms with Crippen LogP contribution in [0, 0.1) is 0 Å². The van der Waals surface area contributed by atoms with Crippen LogP contribution in [0.3, 0.4) is 0 Å². The van der Waals surface area contributed by atoms with Gasteiger partial charge >= 0.3 is 5.97 Å². The molecule has 1 heterocycles. The molecule has 1 aliphatic rings. The standard InChI is InChI=1S/C14H21N3O4/c1-17(9-8-13(19)20)12(18)7-6-11-15-14(16-21-11)10-4-2-3-5-10/h10H,2-9H2,1H3,(H,19,20). The van der Waals surface area contributed by atoms with Crippen LogP contribution in [-0.4, -0.2) is 45.6 Å². The van der Waals surface area contributed by atoms with Gasteiger partial charge in [0.1, 0.15) is 0 Å². The van der Waals surface area contributed by atoms with Crippen molar-refractivity contribution in [3.05, 3.63) is 11.7 Å². The molecule has 0 aromatic carbocycles. The van der Waals surface area contributed by atoms with Gasteiger partial charge in [0.25, 0.3) is 0 Å². The van der Waals surface area contributed by atoms with E-state index in [4.69, 9.17) is 9.63 Å². The topological polar surface area (TPSA) is 96.5 Å². The van der Waals surface area contributed by atoms with Crippen LogP contribution in [0.5, 0.6) is 0 Å². The number of carbonyl (C=O) groups is 2. The van der Waals surface area contributed by atoms with Gasteiger partial charge in [-0.15, -0.1) is 0 Å². The highest BCUT2D eigenvalue weighted by Crippen LogP contribution is 2.32. The molecule has 1 saturated carbocycles. The minimum absolute atomic E-state index is 0.0470. The molecule has 2 rings (SSSR count). The molecule has 1 fully saturated rings. The van der Waals surface area contributed by atoms with E-state index in [0.717, 1.165) is 18.7 Å². The molecule has 1 aromatic rings. The maximum atomic E-state index is 11.8. The molecular weight excluding hydrogens is 274 g/mol. The number of carbonyl (C=O) groups excluding carboxylic acids is 1. The fraction of sp³-hybridized carbons (Fsp3) is 0.714. The molecule has 1 aliphatic carbocycles. The Balaban J connectivity index is 1.77. The molecule has 0 aliphatic heterocycles. The van der Waals surface area contributed by atoms with Gasteiger partial charge < -0.3 is 14.5 Å². The van der Waals surface area contributed by atoms with Gasteiger partial charge in [-0.1, -0.05) is 18.0 Å². The van der Waals surface area contributed by atoms with Crippen LogP contribution in [0.15, 0.2) is 4.52 Å². The van der Waals surface area contributed by atoms with E-state index in [1.165, 1.54) is 17.7 Å². The molecule has 7 heteroatoms. The minimum atomic E-state index is -0.909. The zero-order valence-electron chi connectivity index (χ0n) is 12.2. The monoisotopic (exact) mass is 295 g/mol. The van der Waals surface area contributed by atoms with Crippen molar-refractivity contribution in [1.82, 2.24) is 15.0 Å². The van der Waals surface area contributed by atoms with Gasteiger partial charge in [-0.25, -0.2) is 0 Å². The second kappa shape index (κ2) is 7.19. The van der Waals surface area contributed by atoms with Crippen molar-refractivity contribution in [3.63, 3.8) is 0 Å². The second-order valence-electron chi connectivity index (χ2n) is 5.49. The van der Waals surface area contributed by atoms with E-state index in [2.05, 4.69) is 10.1 Å². The number of rotatable bonds is 7. The van der Waals surface area contributed by atoms with Gasteiger partial charge in [-0.3, -0.25) is 9.59 Å². The number of nitrogens with zero attached hydrogens (tertiary/aromatic N) is 3. The molecule has 0 bridgehead atoms. The Labute approximate surface area is 123 Å². The van der Waals surface area contributed by atoms with Gasteiger partial charge in [0.2, 0.25) is 11.8 Å². The quantitative estimate of drug-likeness (QED) is 0.820. The molecule has 0 atom stereocenters. The summed E-state index contributed by atoms with van der Waals surface area (Å²) in [5, 5.41) is 12.6. The highest BCUT2D eigenvalue weighted by Gasteiger charge is 2.22. The first kappa shape index (κ1) is 15.5. The average Bonchev–Trinajstić information content (AvgIpc) is 3.12. The van der Waals surface area contributed by atoms with Crippen LogP contribution in [0.2, 0.25) is 0 Å². The third-order valence-corrected chi connectivity index (χ3v) is 3.84. The number of hydrogen-bond donors (Lipinski definition) is 1. The molecule has 0 spiro atoms. The van der Waals surface area contributed by atoms with Gasteiger partial charge in [-0.05, 0) is 12.8 Å². The second-order valence-corrected chi connectivity index (χ2v) is 5.49. The van der Waals surface area contributed by atoms with Crippen LogP contribution in [0.1, 0.15) is 56.2 Å². The van der Waals surface area contributed by atoms with Gasteiger partial charge in [-0.2, -0.15) is 4.98 Å². The predicted molar refractivity (Wildman–Crippen MR) is 73.7 cm³/mol. The van der Waals surface area contributed by atoms with E-state index < -0.39 is 5.97 Å². The highest BCUT2D eigenvalue weighted by molar-refractivity contribution is 5.76. The number of aromatic nitrogens is 2. The zero-order chi connectivity index (χ0) is 15.2. The van der Waals surface area contributed by atoms with Gasteiger partial charge in [0.05, 0.1) is 6.42 Å². The van der Waals surface area contributed by atoms with Crippen molar-refractivity contribution in [3.8, 4) is 0 Å². The van der Waals surface area contributed by atoms with E-state index in [-0.39, 0.29) is 25.3 Å². The first-order valence-electron chi connectivity index (χ1n) is 7.34. The Morgan fingerprint density at radius 1 is 1.33 bits per heavy atom. The minimum Gasteiger partial charge on any atom is -0.481 e. The van der Waals surface area contributed by atoms with Crippen molar-refractivity contribution in [2.24, 2.45) is 0 Å². The summed E-state index contributed by atoms with van der Waals surface area (Å²) in [7, 11) is 1.60. The van der Waals surface area contributed by atoms with Gasteiger partial charge in [0.15, 0.2) is 5.82 Å². The van der Waals surface area contributed by atoms with Crippen molar-refractivity contribution in [2.75, 3.05) is 13.6 Å². The van der Waals surface area contributed by atoms with E-state index in [1.807, 2.05) is 0 Å². The third kappa shape index (κ3) is 4.54. The summed E-state index contributed by atoms with van der Waals surface area (Å²) in [6, 6.07) is 0. The molecule has 21 heavy (non-hydrogen) atoms. The van der Waals surface area contributed by atoms with Crippen LogP contribution >= 0.6 is 0 Å². The number of aliphatic carboxylic acids is 1. The Hall–Kier alpha value is -1.92. The van der Waals surface area contributed by atoms with Crippen molar-refractivity contribution in [1.29, 1.82) is 0 Å². The fourth-order valence-electron chi connectivity index (χ4n) is 2.51. The lowest BCUT2D eigenvalue weighted by Gasteiger charge is -2.15. The predicted octanol–water partition coefficient (Wildman–Crippen LogP) is 1.59. The Morgan fingerprint density at radius 3 is 2.71 bits per heavy atom. The lowest BCUT2D eigenvalue weighted by atomic mass is 10.1. The summed E-state index contributed by atoms with van der Waals surface area (Å²) in [6.07, 6.45) is 5.24. The normalized spacial score (nSPS) is 15.3. The number of aryl methyl sites for hydroxylation is 1. The summed E-state index contributed by atoms with van der Waals surface area (Å²) < 4.78 is 5.18. The van der Waals surface area contributed by atoms with Crippen LogP contribution in [0.4, 0.5) is 0 Å². The molecule has 1 amide bonds. The van der Waals surface area contributed by atoms with E-state index in [1.54, 1.807) is 7.05 Å². The lowest BCUT2D eigenvalue weighted by Crippen LogP contribution is -2.29. The highest BCUT2D eigenvalue weighted by atomic mass is 16.5. The maximum Gasteiger partial charge on any atom is 0.305 e. The molecular formula is C14H21N3O4. The summed E-state index contributed by atoms with van der Waals surface area (Å²) in [6.45, 7) is 0.214. The molecule has 7 nitrogen and oxygen atoms in total. The molecule has 0 radical (unpaired) electrons. The van der Waals surface area contributed by atoms with Crippen molar-refractivity contribution < 1.29 is 19.2 Å². The van der Waals surface area contributed by atoms with Crippen molar-refractivity contribution in [2.45, 2.75) is 50.9 Å². The molecule has 1 N–H and O–H groups in total. The van der Waals surface area contributed by atoms with Gasteiger partial charge in [0, 0.05) is 32.4 Å². The number of carboxylic acid groups (broad SMARTS) is 1. The maximum absolute atomic E-state index is 11.8. The number of hydrogen-bond acceptors (Lipinski definition) is 5. The number of carboxylic acids is 1. The molecule has 0 saturated heterocycles. The van der Waals surface area contributed by atoms with Crippen LogP contribution in [0.25, 0.3) is 0 Å². The van der Waals surface area contributed by atoms with Crippen molar-refractivity contribution >= 4 is 11.9 Å². The summed E-state index contributed by atoms with van der Waals surface area (Å²) in [5.74, 6) is 0.618. The number of amides is 1. The average molecular weight is 295 g/mol. The SMILES string of the molecule is CN(CCC(=O)O)C(=O)CCc1nc(C2CCCC2)no1. The van der Waals surface area contributed by atoms with E-state index in [0.29, 0.717) is 18.2 Å². The third-order valence-electron chi connectivity index (χ3n) is 3.84. The Morgan fingerprint density at radius 2 is 2.05 bits per heavy atom. The first-order valence-corrected chi connectivity index (χ1v) is 7.34. The zero-order valence-corrected chi connectivity index (χ0v) is 12.2. The fourth-order valence-corrected chi connectivity index (χ4v) is 2.51. The largest absolute Gasteiger partial charge is 0.481 e. The van der Waals surface area contributed by atoms with Crippen LogP contribution < -0.4 is 0 Å². The van der Waals surface area contributed by atoms with E-state index in [9.17, 15) is 9.59 Å². The van der Waals surface area contributed by atoms with Crippen LogP contribution in [-0.2, 0) is 16.0 Å². The van der Waals surface area contributed by atoms with E-state index >= 15 is 0 Å². The summed E-state index contributed by atoms with van der Waals surface area (Å²) >= 11 is 0. The summed E-state index contributed by atoms with van der Waals surface area (Å²) in [5.41, 5.74) is 0. The molecule has 1 aromatic heterocycles.